The van der Waals surface area contributed by atoms with Crippen molar-refractivity contribution in [1.29, 1.82) is 0 Å². The Kier molecular flexibility index (Phi) is 5.61. The van der Waals surface area contributed by atoms with Gasteiger partial charge in [0.1, 0.15) is 5.75 Å². The summed E-state index contributed by atoms with van der Waals surface area (Å²) in [6.07, 6.45) is 0.784. The zero-order valence-electron chi connectivity index (χ0n) is 11.2. The number of benzene rings is 1. The SMILES string of the molecule is Cc1cc(C(=O)NCCCOc2ccccc2)sc1Br. The number of para-hydroxylation sites is 1. The highest BCUT2D eigenvalue weighted by atomic mass is 79.9. The van der Waals surface area contributed by atoms with E-state index in [2.05, 4.69) is 21.2 Å². The van der Waals surface area contributed by atoms with Crippen LogP contribution in [0.3, 0.4) is 0 Å². The molecule has 1 aromatic carbocycles. The molecule has 0 spiro atoms. The summed E-state index contributed by atoms with van der Waals surface area (Å²) in [5.41, 5.74) is 1.09. The molecular weight excluding hydrogens is 338 g/mol. The molecule has 0 radical (unpaired) electrons. The minimum Gasteiger partial charge on any atom is -0.494 e. The van der Waals surface area contributed by atoms with Crippen LogP contribution in [-0.4, -0.2) is 19.1 Å². The smallest absolute Gasteiger partial charge is 0.261 e. The van der Waals surface area contributed by atoms with Crippen molar-refractivity contribution in [3.8, 4) is 5.75 Å². The van der Waals surface area contributed by atoms with E-state index in [-0.39, 0.29) is 5.91 Å². The molecule has 2 aromatic rings. The molecule has 0 fully saturated rings. The topological polar surface area (TPSA) is 38.3 Å². The molecule has 0 aliphatic carbocycles. The highest BCUT2D eigenvalue weighted by Gasteiger charge is 2.10. The summed E-state index contributed by atoms with van der Waals surface area (Å²) < 4.78 is 6.57. The monoisotopic (exact) mass is 353 g/mol. The molecule has 0 saturated carbocycles. The van der Waals surface area contributed by atoms with Gasteiger partial charge in [0, 0.05) is 6.54 Å². The highest BCUT2D eigenvalue weighted by Crippen LogP contribution is 2.27. The maximum Gasteiger partial charge on any atom is 0.261 e. The molecule has 1 amide bonds. The summed E-state index contributed by atoms with van der Waals surface area (Å²) >= 11 is 4.88. The van der Waals surface area contributed by atoms with E-state index in [1.807, 2.05) is 43.3 Å². The first kappa shape index (κ1) is 15.1. The van der Waals surface area contributed by atoms with Gasteiger partial charge in [-0.3, -0.25) is 4.79 Å². The van der Waals surface area contributed by atoms with Crippen LogP contribution in [0.4, 0.5) is 0 Å². The minimum atomic E-state index is -0.0245. The van der Waals surface area contributed by atoms with Crippen LogP contribution in [-0.2, 0) is 0 Å². The second kappa shape index (κ2) is 7.45. The lowest BCUT2D eigenvalue weighted by atomic mass is 10.3. The van der Waals surface area contributed by atoms with Crippen LogP contribution in [0.5, 0.6) is 5.75 Å². The van der Waals surface area contributed by atoms with Crippen molar-refractivity contribution >= 4 is 33.2 Å². The van der Waals surface area contributed by atoms with Crippen LogP contribution in [0.15, 0.2) is 40.2 Å². The fourth-order valence-corrected chi connectivity index (χ4v) is 3.09. The zero-order chi connectivity index (χ0) is 14.4. The summed E-state index contributed by atoms with van der Waals surface area (Å²) in [5, 5.41) is 2.90. The second-order valence-electron chi connectivity index (χ2n) is 4.34. The Bertz CT molecular complexity index is 549. The van der Waals surface area contributed by atoms with Gasteiger partial charge in [-0.1, -0.05) is 18.2 Å². The molecule has 0 aliphatic heterocycles. The highest BCUT2D eigenvalue weighted by molar-refractivity contribution is 9.11. The summed E-state index contributed by atoms with van der Waals surface area (Å²) in [7, 11) is 0. The van der Waals surface area contributed by atoms with E-state index in [4.69, 9.17) is 4.74 Å². The van der Waals surface area contributed by atoms with Gasteiger partial charge in [-0.05, 0) is 53.0 Å². The van der Waals surface area contributed by atoms with E-state index in [9.17, 15) is 4.79 Å². The van der Waals surface area contributed by atoms with Crippen LogP contribution in [0.2, 0.25) is 0 Å². The largest absolute Gasteiger partial charge is 0.494 e. The van der Waals surface area contributed by atoms with Gasteiger partial charge in [0.2, 0.25) is 0 Å². The molecule has 106 valence electrons. The average molecular weight is 354 g/mol. The first-order valence-corrected chi connectivity index (χ1v) is 8.00. The summed E-state index contributed by atoms with van der Waals surface area (Å²) in [6, 6.07) is 11.6. The third-order valence-corrected chi connectivity index (χ3v) is 4.83. The van der Waals surface area contributed by atoms with Crippen molar-refractivity contribution in [3.05, 3.63) is 50.6 Å². The summed E-state index contributed by atoms with van der Waals surface area (Å²) in [4.78, 5) is 12.6. The fourth-order valence-electron chi connectivity index (χ4n) is 1.64. The lowest BCUT2D eigenvalue weighted by Gasteiger charge is -2.06. The van der Waals surface area contributed by atoms with Gasteiger partial charge in [-0.25, -0.2) is 0 Å². The number of carbonyl (C=O) groups is 1. The second-order valence-corrected chi connectivity index (χ2v) is 6.71. The maximum atomic E-state index is 11.9. The molecule has 1 N–H and O–H groups in total. The van der Waals surface area contributed by atoms with E-state index in [1.165, 1.54) is 11.3 Å². The lowest BCUT2D eigenvalue weighted by molar-refractivity contribution is 0.0955. The van der Waals surface area contributed by atoms with Crippen molar-refractivity contribution in [2.45, 2.75) is 13.3 Å². The number of nitrogens with one attached hydrogen (secondary N) is 1. The molecule has 0 saturated heterocycles. The predicted octanol–water partition coefficient (Wildman–Crippen LogP) is 4.02. The Morgan fingerprint density at radius 3 is 2.75 bits per heavy atom. The van der Waals surface area contributed by atoms with Crippen LogP contribution in [0, 0.1) is 6.92 Å². The fraction of sp³-hybridized carbons (Fsp3) is 0.267. The Hall–Kier alpha value is -1.33. The molecule has 0 bridgehead atoms. The van der Waals surface area contributed by atoms with Gasteiger partial charge < -0.3 is 10.1 Å². The van der Waals surface area contributed by atoms with Gasteiger partial charge in [0.25, 0.3) is 5.91 Å². The maximum absolute atomic E-state index is 11.9. The molecule has 3 nitrogen and oxygen atoms in total. The summed E-state index contributed by atoms with van der Waals surface area (Å²) in [5.74, 6) is 0.833. The number of ether oxygens (including phenoxy) is 1. The Morgan fingerprint density at radius 2 is 2.10 bits per heavy atom. The molecule has 1 heterocycles. The van der Waals surface area contributed by atoms with E-state index in [0.29, 0.717) is 13.2 Å². The van der Waals surface area contributed by atoms with E-state index in [0.717, 1.165) is 26.4 Å². The number of thiophene rings is 1. The quantitative estimate of drug-likeness (QED) is 0.796. The number of aryl methyl sites for hydroxylation is 1. The standard InChI is InChI=1S/C15H16BrNO2S/c1-11-10-13(20-14(11)16)15(18)17-8-5-9-19-12-6-3-2-4-7-12/h2-4,6-7,10H,5,8-9H2,1H3,(H,17,18). The Labute approximate surface area is 131 Å². The van der Waals surface area contributed by atoms with Crippen molar-refractivity contribution in [3.63, 3.8) is 0 Å². The third kappa shape index (κ3) is 4.35. The van der Waals surface area contributed by atoms with Crippen molar-refractivity contribution < 1.29 is 9.53 Å². The van der Waals surface area contributed by atoms with Crippen molar-refractivity contribution in [1.82, 2.24) is 5.32 Å². The van der Waals surface area contributed by atoms with Crippen LogP contribution in [0.25, 0.3) is 0 Å². The van der Waals surface area contributed by atoms with Gasteiger partial charge in [0.05, 0.1) is 15.3 Å². The number of rotatable bonds is 6. The first-order chi connectivity index (χ1) is 9.66. The zero-order valence-corrected chi connectivity index (χ0v) is 13.6. The molecule has 1 aromatic heterocycles. The number of carbonyl (C=O) groups excluding carboxylic acids is 1. The molecular formula is C15H16BrNO2S. The summed E-state index contributed by atoms with van der Waals surface area (Å²) in [6.45, 7) is 3.18. The van der Waals surface area contributed by atoms with Crippen LogP contribution in [0.1, 0.15) is 21.7 Å². The average Bonchev–Trinajstić information content (AvgIpc) is 2.79. The molecule has 0 aliphatic rings. The molecule has 20 heavy (non-hydrogen) atoms. The molecule has 5 heteroatoms. The van der Waals surface area contributed by atoms with Gasteiger partial charge in [-0.15, -0.1) is 11.3 Å². The number of halogens is 1. The van der Waals surface area contributed by atoms with E-state index >= 15 is 0 Å². The van der Waals surface area contributed by atoms with E-state index in [1.54, 1.807) is 0 Å². The molecule has 0 atom stereocenters. The number of hydrogen-bond donors (Lipinski definition) is 1. The number of amides is 1. The Morgan fingerprint density at radius 1 is 1.35 bits per heavy atom. The third-order valence-electron chi connectivity index (χ3n) is 2.70. The molecule has 2 rings (SSSR count). The van der Waals surface area contributed by atoms with Crippen molar-refractivity contribution in [2.24, 2.45) is 0 Å². The van der Waals surface area contributed by atoms with Gasteiger partial charge in [0.15, 0.2) is 0 Å². The predicted molar refractivity (Wildman–Crippen MR) is 85.6 cm³/mol. The minimum absolute atomic E-state index is 0.0245. The van der Waals surface area contributed by atoms with Gasteiger partial charge >= 0.3 is 0 Å². The normalized spacial score (nSPS) is 10.3. The van der Waals surface area contributed by atoms with Gasteiger partial charge in [-0.2, -0.15) is 0 Å². The molecule has 0 unspecified atom stereocenters. The Balaban J connectivity index is 1.67. The lowest BCUT2D eigenvalue weighted by Crippen LogP contribution is -2.24. The van der Waals surface area contributed by atoms with E-state index < -0.39 is 0 Å². The van der Waals surface area contributed by atoms with Crippen molar-refractivity contribution in [2.75, 3.05) is 13.2 Å². The van der Waals surface area contributed by atoms with Crippen LogP contribution >= 0.6 is 27.3 Å². The first-order valence-electron chi connectivity index (χ1n) is 6.39. The van der Waals surface area contributed by atoms with Crippen LogP contribution < -0.4 is 10.1 Å². The number of hydrogen-bond acceptors (Lipinski definition) is 3.